The smallest absolute Gasteiger partial charge is 0.526 e. The van der Waals surface area contributed by atoms with Crippen LogP contribution in [0.5, 0.6) is 34.5 Å². The molecule has 0 unspecified atom stereocenters. The lowest BCUT2D eigenvalue weighted by Crippen LogP contribution is -2.11. The van der Waals surface area contributed by atoms with E-state index in [1.165, 1.54) is 7.69 Å². The Bertz CT molecular complexity index is 546. The van der Waals surface area contributed by atoms with Gasteiger partial charge in [0.05, 0.1) is 28.4 Å². The summed E-state index contributed by atoms with van der Waals surface area (Å²) in [4.78, 5) is 0. The highest BCUT2D eigenvalue weighted by Gasteiger charge is 2.08. The Morgan fingerprint density at radius 2 is 0.739 bits per heavy atom. The van der Waals surface area contributed by atoms with Crippen molar-refractivity contribution in [3.63, 3.8) is 0 Å². The second-order valence-electron chi connectivity index (χ2n) is 4.43. The van der Waals surface area contributed by atoms with Crippen LogP contribution in [-0.2, 0) is 0 Å². The van der Waals surface area contributed by atoms with Crippen molar-refractivity contribution in [3.05, 3.63) is 36.4 Å². The normalized spacial score (nSPS) is 9.74. The largest absolute Gasteiger partial charge is 0.658 e. The van der Waals surface area contributed by atoms with E-state index in [1.54, 1.807) is 64.8 Å². The Balaban J connectivity index is 2.02. The van der Waals surface area contributed by atoms with Crippen LogP contribution in [0, 0.1) is 0 Å². The van der Waals surface area contributed by atoms with Crippen molar-refractivity contribution in [3.8, 4) is 34.5 Å². The number of rotatable bonds is 8. The van der Waals surface area contributed by atoms with Crippen molar-refractivity contribution in [2.24, 2.45) is 0 Å². The van der Waals surface area contributed by atoms with Crippen LogP contribution in [0.2, 0.25) is 0 Å². The zero-order chi connectivity index (χ0) is 16.7. The van der Waals surface area contributed by atoms with Crippen LogP contribution in [0.1, 0.15) is 0 Å². The summed E-state index contributed by atoms with van der Waals surface area (Å²) in [6.07, 6.45) is 0. The van der Waals surface area contributed by atoms with Crippen LogP contribution in [0.25, 0.3) is 0 Å². The predicted octanol–water partition coefficient (Wildman–Crippen LogP) is 2.71. The van der Waals surface area contributed by atoms with Crippen molar-refractivity contribution in [1.82, 2.24) is 0 Å². The van der Waals surface area contributed by atoms with E-state index in [4.69, 9.17) is 28.3 Å². The van der Waals surface area contributed by atoms with Crippen LogP contribution in [0.15, 0.2) is 36.4 Å². The lowest BCUT2D eigenvalue weighted by molar-refractivity contribution is 0.384. The maximum Gasteiger partial charge on any atom is 0.658 e. The first-order valence-electron chi connectivity index (χ1n) is 6.79. The van der Waals surface area contributed by atoms with E-state index in [9.17, 15) is 0 Å². The Labute approximate surface area is 136 Å². The molecule has 1 radical (unpaired) electrons. The Hall–Kier alpha value is -2.70. The quantitative estimate of drug-likeness (QED) is 0.698. The van der Waals surface area contributed by atoms with Gasteiger partial charge in [0.2, 0.25) is 0 Å². The molecule has 7 heteroatoms. The average molecular weight is 317 g/mol. The monoisotopic (exact) mass is 317 g/mol. The van der Waals surface area contributed by atoms with Gasteiger partial charge in [-0.05, 0) is 0 Å². The molecule has 0 saturated carbocycles. The highest BCUT2D eigenvalue weighted by atomic mass is 16.6. The molecule has 0 aliphatic rings. The predicted molar refractivity (Wildman–Crippen MR) is 86.1 cm³/mol. The maximum absolute atomic E-state index is 5.45. The van der Waals surface area contributed by atoms with Gasteiger partial charge in [0.25, 0.3) is 0 Å². The van der Waals surface area contributed by atoms with E-state index >= 15 is 0 Å². The summed E-state index contributed by atoms with van der Waals surface area (Å²) in [5, 5.41) is 0. The lowest BCUT2D eigenvalue weighted by atomic mass is 10.2. The van der Waals surface area contributed by atoms with Gasteiger partial charge in [0, 0.05) is 36.4 Å². The molecule has 0 N–H and O–H groups in total. The zero-order valence-corrected chi connectivity index (χ0v) is 13.5. The molecule has 6 nitrogen and oxygen atoms in total. The summed E-state index contributed by atoms with van der Waals surface area (Å²) >= 11 is 0. The van der Waals surface area contributed by atoms with E-state index in [0.717, 1.165) is 0 Å². The van der Waals surface area contributed by atoms with Crippen LogP contribution in [-0.4, -0.2) is 36.1 Å². The molecule has 2 aromatic carbocycles. The summed E-state index contributed by atoms with van der Waals surface area (Å²) in [5.41, 5.74) is 0. The fourth-order valence-electron chi connectivity index (χ4n) is 1.83. The van der Waals surface area contributed by atoms with Crippen LogP contribution >= 0.6 is 0 Å². The second kappa shape index (κ2) is 8.07. The van der Waals surface area contributed by atoms with Gasteiger partial charge in [-0.1, -0.05) is 0 Å². The molecule has 0 atom stereocenters. The molecule has 121 valence electrons. The molecule has 0 bridgehead atoms. The topological polar surface area (TPSA) is 55.4 Å². The molecule has 0 fully saturated rings. The first-order chi connectivity index (χ1) is 11.2. The van der Waals surface area contributed by atoms with Gasteiger partial charge in [0.15, 0.2) is 0 Å². The first kappa shape index (κ1) is 16.7. The fourth-order valence-corrected chi connectivity index (χ4v) is 1.83. The molecule has 2 rings (SSSR count). The maximum atomic E-state index is 5.45. The summed E-state index contributed by atoms with van der Waals surface area (Å²) in [6, 6.07) is 10.4. The molecular formula is C16H18BO6. The van der Waals surface area contributed by atoms with Crippen LogP contribution in [0.4, 0.5) is 0 Å². The van der Waals surface area contributed by atoms with Crippen LogP contribution in [0.3, 0.4) is 0 Å². The van der Waals surface area contributed by atoms with Gasteiger partial charge in [0.1, 0.15) is 34.5 Å². The van der Waals surface area contributed by atoms with Gasteiger partial charge >= 0.3 is 7.69 Å². The first-order valence-corrected chi connectivity index (χ1v) is 6.79. The van der Waals surface area contributed by atoms with Crippen molar-refractivity contribution in [1.29, 1.82) is 0 Å². The number of benzene rings is 2. The minimum Gasteiger partial charge on any atom is -0.526 e. The number of methoxy groups -OCH3 is 4. The molecule has 0 amide bonds. The molecule has 0 aliphatic heterocycles. The molecule has 0 saturated heterocycles. The third kappa shape index (κ3) is 4.64. The molecule has 2 aromatic rings. The van der Waals surface area contributed by atoms with Gasteiger partial charge in [-0.25, -0.2) is 0 Å². The zero-order valence-electron chi connectivity index (χ0n) is 13.5. The fraction of sp³-hybridized carbons (Fsp3) is 0.250. The average Bonchev–Trinajstić information content (AvgIpc) is 2.60. The molecule has 23 heavy (non-hydrogen) atoms. The highest BCUT2D eigenvalue weighted by Crippen LogP contribution is 2.29. The third-order valence-electron chi connectivity index (χ3n) is 3.02. The van der Waals surface area contributed by atoms with Gasteiger partial charge in [-0.2, -0.15) is 0 Å². The summed E-state index contributed by atoms with van der Waals surface area (Å²) in [6.45, 7) is 0. The van der Waals surface area contributed by atoms with Gasteiger partial charge < -0.3 is 28.3 Å². The molecule has 0 aliphatic carbocycles. The second-order valence-corrected chi connectivity index (χ2v) is 4.43. The van der Waals surface area contributed by atoms with E-state index in [2.05, 4.69) is 0 Å². The van der Waals surface area contributed by atoms with E-state index in [1.807, 2.05) is 0 Å². The summed E-state index contributed by atoms with van der Waals surface area (Å²) in [7, 11) is 7.49. The Morgan fingerprint density at radius 3 is 1.00 bits per heavy atom. The third-order valence-corrected chi connectivity index (χ3v) is 3.02. The number of hydrogen-bond acceptors (Lipinski definition) is 6. The highest BCUT2D eigenvalue weighted by molar-refractivity contribution is 6.20. The standard InChI is InChI=1S/C16H18BO6/c1-18-11-5-12(19-2)8-15(7-11)22-17-23-16-9-13(20-3)6-14(10-16)21-4/h5-10H,1-4H3. The minimum absolute atomic E-state index is 0.524. The Morgan fingerprint density at radius 1 is 0.478 bits per heavy atom. The van der Waals surface area contributed by atoms with Crippen molar-refractivity contribution in [2.75, 3.05) is 28.4 Å². The molecule has 0 spiro atoms. The van der Waals surface area contributed by atoms with Crippen molar-refractivity contribution in [2.45, 2.75) is 0 Å². The van der Waals surface area contributed by atoms with Gasteiger partial charge in [-0.3, -0.25) is 0 Å². The summed E-state index contributed by atoms with van der Waals surface area (Å²) in [5.74, 6) is 3.53. The van der Waals surface area contributed by atoms with E-state index in [-0.39, 0.29) is 0 Å². The minimum atomic E-state index is 0.524. The van der Waals surface area contributed by atoms with Crippen LogP contribution < -0.4 is 28.3 Å². The van der Waals surface area contributed by atoms with E-state index < -0.39 is 0 Å². The van der Waals surface area contributed by atoms with Gasteiger partial charge in [-0.15, -0.1) is 0 Å². The van der Waals surface area contributed by atoms with Crippen molar-refractivity contribution >= 4 is 7.69 Å². The number of hydrogen-bond donors (Lipinski definition) is 0. The Kier molecular flexibility index (Phi) is 5.85. The number of ether oxygens (including phenoxy) is 4. The molecule has 0 aromatic heterocycles. The van der Waals surface area contributed by atoms with Crippen molar-refractivity contribution < 1.29 is 28.3 Å². The lowest BCUT2D eigenvalue weighted by Gasteiger charge is -2.11. The summed E-state index contributed by atoms with van der Waals surface area (Å²) < 4.78 is 31.6. The van der Waals surface area contributed by atoms with E-state index in [0.29, 0.717) is 34.5 Å². The SMILES string of the molecule is COc1cc(OC)cc(O[B]Oc2cc(OC)cc(OC)c2)c1. The molecule has 0 heterocycles. The molecular weight excluding hydrogens is 299 g/mol.